The summed E-state index contributed by atoms with van der Waals surface area (Å²) in [5, 5.41) is 8.30. The first kappa shape index (κ1) is 20.0. The third kappa shape index (κ3) is 5.16. The van der Waals surface area contributed by atoms with Crippen molar-refractivity contribution in [2.45, 2.75) is 39.7 Å². The van der Waals surface area contributed by atoms with Crippen LogP contribution in [0.2, 0.25) is 0 Å². The number of hydrogen-bond donors (Lipinski definition) is 2. The molecule has 0 aliphatic carbocycles. The largest absolute Gasteiger partial charge is 0.450 e. The Morgan fingerprint density at radius 1 is 1.21 bits per heavy atom. The van der Waals surface area contributed by atoms with Crippen LogP contribution >= 0.6 is 11.3 Å². The molecule has 0 saturated carbocycles. The fourth-order valence-electron chi connectivity index (χ4n) is 2.99. The van der Waals surface area contributed by atoms with Crippen LogP contribution in [0.5, 0.6) is 0 Å². The van der Waals surface area contributed by atoms with Crippen LogP contribution in [0, 0.1) is 13.8 Å². The first-order chi connectivity index (χ1) is 13.4. The summed E-state index contributed by atoms with van der Waals surface area (Å²) in [6, 6.07) is 1.90. The molecule has 0 unspecified atom stereocenters. The predicted molar refractivity (Wildman–Crippen MR) is 106 cm³/mol. The summed E-state index contributed by atoms with van der Waals surface area (Å²) >= 11 is 1.32. The Labute approximate surface area is 167 Å². The number of anilines is 2. The van der Waals surface area contributed by atoms with E-state index in [1.165, 1.54) is 11.3 Å². The molecule has 0 spiro atoms. The molecule has 0 aromatic carbocycles. The van der Waals surface area contributed by atoms with E-state index in [1.54, 1.807) is 17.2 Å². The Morgan fingerprint density at radius 3 is 2.54 bits per heavy atom. The van der Waals surface area contributed by atoms with Gasteiger partial charge in [0.2, 0.25) is 5.95 Å². The van der Waals surface area contributed by atoms with Gasteiger partial charge in [-0.2, -0.15) is 0 Å². The number of ether oxygens (including phenoxy) is 1. The van der Waals surface area contributed by atoms with Gasteiger partial charge in [-0.15, -0.1) is 11.3 Å². The van der Waals surface area contributed by atoms with Crippen LogP contribution in [0.1, 0.15) is 41.6 Å². The van der Waals surface area contributed by atoms with Gasteiger partial charge in [0.15, 0.2) is 5.13 Å². The number of hydrogen-bond acceptors (Lipinski definition) is 8. The van der Waals surface area contributed by atoms with Crippen molar-refractivity contribution in [3.05, 3.63) is 28.5 Å². The Bertz CT molecular complexity index is 827. The van der Waals surface area contributed by atoms with Gasteiger partial charge < -0.3 is 20.3 Å². The Morgan fingerprint density at radius 2 is 1.89 bits per heavy atom. The molecule has 2 aromatic rings. The lowest BCUT2D eigenvalue weighted by molar-refractivity contribution is 0.0857. The number of amides is 2. The number of carbonyl (C=O) groups is 2. The van der Waals surface area contributed by atoms with Gasteiger partial charge in [0.05, 0.1) is 6.61 Å². The molecule has 2 aromatic heterocycles. The molecule has 1 fully saturated rings. The van der Waals surface area contributed by atoms with Crippen molar-refractivity contribution in [2.24, 2.45) is 0 Å². The molecule has 0 radical (unpaired) electrons. The smallest absolute Gasteiger partial charge is 0.409 e. The molecule has 1 aliphatic rings. The summed E-state index contributed by atoms with van der Waals surface area (Å²) < 4.78 is 5.01. The van der Waals surface area contributed by atoms with E-state index in [4.69, 9.17) is 4.74 Å². The normalized spacial score (nSPS) is 14.6. The number of carbonyl (C=O) groups excluding carboxylic acids is 2. The van der Waals surface area contributed by atoms with Crippen molar-refractivity contribution in [1.82, 2.24) is 25.2 Å². The molecular formula is C18H24N6O3S. The van der Waals surface area contributed by atoms with Crippen LogP contribution in [0.15, 0.2) is 11.4 Å². The quantitative estimate of drug-likeness (QED) is 0.788. The van der Waals surface area contributed by atoms with Crippen molar-refractivity contribution in [2.75, 3.05) is 25.0 Å². The summed E-state index contributed by atoms with van der Waals surface area (Å²) in [6.07, 6.45) is 1.09. The first-order valence-electron chi connectivity index (χ1n) is 9.22. The fraction of sp³-hybridized carbons (Fsp3) is 0.500. The molecule has 28 heavy (non-hydrogen) atoms. The molecular weight excluding hydrogens is 380 g/mol. The van der Waals surface area contributed by atoms with E-state index < -0.39 is 0 Å². The van der Waals surface area contributed by atoms with Gasteiger partial charge in [0, 0.05) is 35.9 Å². The Balaban J connectivity index is 1.53. The maximum absolute atomic E-state index is 12.5. The molecule has 3 heterocycles. The summed E-state index contributed by atoms with van der Waals surface area (Å²) in [5.74, 6) is 0.241. The van der Waals surface area contributed by atoms with Gasteiger partial charge in [-0.1, -0.05) is 0 Å². The molecule has 3 rings (SSSR count). The summed E-state index contributed by atoms with van der Waals surface area (Å²) in [5.41, 5.74) is 2.07. The molecule has 10 heteroatoms. The highest BCUT2D eigenvalue weighted by atomic mass is 32.1. The van der Waals surface area contributed by atoms with E-state index in [-0.39, 0.29) is 18.0 Å². The topological polar surface area (TPSA) is 109 Å². The van der Waals surface area contributed by atoms with E-state index in [9.17, 15) is 9.59 Å². The lowest BCUT2D eigenvalue weighted by Gasteiger charge is -2.31. The zero-order valence-electron chi connectivity index (χ0n) is 16.2. The van der Waals surface area contributed by atoms with Crippen LogP contribution in [0.4, 0.5) is 15.9 Å². The van der Waals surface area contributed by atoms with Gasteiger partial charge in [-0.05, 0) is 39.7 Å². The molecule has 150 valence electrons. The van der Waals surface area contributed by atoms with Crippen molar-refractivity contribution in [1.29, 1.82) is 0 Å². The van der Waals surface area contributed by atoms with E-state index in [2.05, 4.69) is 25.6 Å². The second kappa shape index (κ2) is 8.96. The Hall–Kier alpha value is -2.75. The zero-order valence-corrected chi connectivity index (χ0v) is 17.0. The molecule has 1 aliphatic heterocycles. The number of nitrogens with zero attached hydrogens (tertiary/aromatic N) is 4. The fourth-order valence-corrected chi connectivity index (χ4v) is 3.68. The number of piperidine rings is 1. The van der Waals surface area contributed by atoms with Crippen LogP contribution in [0.25, 0.3) is 0 Å². The number of aromatic nitrogens is 3. The first-order valence-corrected chi connectivity index (χ1v) is 10.1. The lowest BCUT2D eigenvalue weighted by atomic mass is 10.1. The highest BCUT2D eigenvalue weighted by molar-refractivity contribution is 7.14. The van der Waals surface area contributed by atoms with Gasteiger partial charge >= 0.3 is 6.09 Å². The average Bonchev–Trinajstić information content (AvgIpc) is 3.10. The summed E-state index contributed by atoms with van der Waals surface area (Å²) in [7, 11) is 0. The number of aryl methyl sites for hydroxylation is 2. The van der Waals surface area contributed by atoms with E-state index in [0.717, 1.165) is 11.4 Å². The van der Waals surface area contributed by atoms with Crippen LogP contribution in [-0.2, 0) is 4.74 Å². The predicted octanol–water partition coefficient (Wildman–Crippen LogP) is 2.64. The number of likely N-dealkylation sites (tertiary alicyclic amines) is 1. The molecule has 1 saturated heterocycles. The van der Waals surface area contributed by atoms with Gasteiger partial charge in [0.1, 0.15) is 5.69 Å². The number of rotatable bonds is 5. The van der Waals surface area contributed by atoms with E-state index >= 15 is 0 Å². The van der Waals surface area contributed by atoms with Gasteiger partial charge in [-0.25, -0.2) is 19.7 Å². The highest BCUT2D eigenvalue weighted by Crippen LogP contribution is 2.20. The average molecular weight is 404 g/mol. The second-order valence-electron chi connectivity index (χ2n) is 6.57. The van der Waals surface area contributed by atoms with Crippen LogP contribution in [-0.4, -0.2) is 57.6 Å². The monoisotopic (exact) mass is 404 g/mol. The minimum atomic E-state index is -0.295. The second-order valence-corrected chi connectivity index (χ2v) is 7.43. The third-order valence-electron chi connectivity index (χ3n) is 4.29. The summed E-state index contributed by atoms with van der Waals surface area (Å²) in [4.78, 5) is 38.8. The zero-order chi connectivity index (χ0) is 20.1. The van der Waals surface area contributed by atoms with Gasteiger partial charge in [0.25, 0.3) is 5.91 Å². The summed E-state index contributed by atoms with van der Waals surface area (Å²) in [6.45, 7) is 7.08. The number of nitrogens with one attached hydrogen (secondary N) is 2. The van der Waals surface area contributed by atoms with Crippen molar-refractivity contribution in [3.63, 3.8) is 0 Å². The lowest BCUT2D eigenvalue weighted by Crippen LogP contribution is -2.46. The van der Waals surface area contributed by atoms with E-state index in [0.29, 0.717) is 49.3 Å². The standard InChI is InChI=1S/C18H24N6O3S/c1-4-27-18(26)24-7-5-13(6-8-24)21-15(25)14-10-28-17(22-14)23-16-19-11(2)9-12(3)20-16/h9-10,13H,4-8H2,1-3H3,(H,21,25)(H,19,20,22,23). The third-order valence-corrected chi connectivity index (χ3v) is 5.05. The Kier molecular flexibility index (Phi) is 6.40. The number of thiazole rings is 1. The van der Waals surface area contributed by atoms with Crippen molar-refractivity contribution < 1.29 is 14.3 Å². The molecule has 0 atom stereocenters. The highest BCUT2D eigenvalue weighted by Gasteiger charge is 2.25. The maximum Gasteiger partial charge on any atom is 0.409 e. The van der Waals surface area contributed by atoms with Crippen LogP contribution < -0.4 is 10.6 Å². The van der Waals surface area contributed by atoms with Crippen LogP contribution in [0.3, 0.4) is 0 Å². The van der Waals surface area contributed by atoms with Gasteiger partial charge in [-0.3, -0.25) is 4.79 Å². The minimum absolute atomic E-state index is 0.0130. The molecule has 2 N–H and O–H groups in total. The van der Waals surface area contributed by atoms with Crippen molar-refractivity contribution >= 4 is 34.4 Å². The molecule has 2 amide bonds. The SMILES string of the molecule is CCOC(=O)N1CCC(NC(=O)c2csc(Nc3nc(C)cc(C)n3)n2)CC1. The van der Waals surface area contributed by atoms with Crippen molar-refractivity contribution in [3.8, 4) is 0 Å². The minimum Gasteiger partial charge on any atom is -0.450 e. The molecule has 0 bridgehead atoms. The van der Waals surface area contributed by atoms with E-state index in [1.807, 2.05) is 19.9 Å². The molecule has 9 nitrogen and oxygen atoms in total. The maximum atomic E-state index is 12.5.